The maximum atomic E-state index is 3.73. The van der Waals surface area contributed by atoms with Crippen LogP contribution in [0.3, 0.4) is 0 Å². The molecule has 0 aliphatic heterocycles. The number of rotatable bonds is 6. The fourth-order valence-corrected chi connectivity index (χ4v) is 5.61. The molecule has 2 aromatic heterocycles. The lowest BCUT2D eigenvalue weighted by atomic mass is 10.1. The largest absolute Gasteiger partial charge is 0.309 e. The lowest BCUT2D eigenvalue weighted by molar-refractivity contribution is 0.539. The van der Waals surface area contributed by atoms with Gasteiger partial charge in [0.25, 0.3) is 0 Å². The highest BCUT2D eigenvalue weighted by atomic mass is 79.9. The molecule has 0 bridgehead atoms. The van der Waals surface area contributed by atoms with E-state index in [-0.39, 0.29) is 0 Å². The maximum Gasteiger partial charge on any atom is 0.0463 e. The van der Waals surface area contributed by atoms with Crippen LogP contribution in [0.15, 0.2) is 22.0 Å². The van der Waals surface area contributed by atoms with E-state index >= 15 is 0 Å². The van der Waals surface area contributed by atoms with Crippen LogP contribution in [0.1, 0.15) is 46.0 Å². The van der Waals surface area contributed by atoms with E-state index in [9.17, 15) is 0 Å². The quantitative estimate of drug-likeness (QED) is 0.723. The van der Waals surface area contributed by atoms with Gasteiger partial charge in [-0.25, -0.2) is 0 Å². The average molecular weight is 370 g/mol. The summed E-state index contributed by atoms with van der Waals surface area (Å²) in [5, 5.41) is 5.92. The summed E-state index contributed by atoms with van der Waals surface area (Å²) >= 11 is 7.45. The molecular weight excluding hydrogens is 350 g/mol. The van der Waals surface area contributed by atoms with Gasteiger partial charge in [-0.15, -0.1) is 22.7 Å². The second kappa shape index (κ2) is 6.73. The molecule has 108 valence electrons. The van der Waals surface area contributed by atoms with E-state index in [1.165, 1.54) is 39.9 Å². The molecule has 3 rings (SSSR count). The van der Waals surface area contributed by atoms with E-state index < -0.39 is 0 Å². The fourth-order valence-electron chi connectivity index (χ4n) is 2.78. The zero-order valence-electron chi connectivity index (χ0n) is 11.7. The Morgan fingerprint density at radius 1 is 1.35 bits per heavy atom. The van der Waals surface area contributed by atoms with Crippen molar-refractivity contribution in [2.24, 2.45) is 0 Å². The van der Waals surface area contributed by atoms with Gasteiger partial charge in [-0.2, -0.15) is 0 Å². The summed E-state index contributed by atoms with van der Waals surface area (Å²) < 4.78 is 1.21. The molecule has 20 heavy (non-hydrogen) atoms. The first-order valence-corrected chi connectivity index (χ1v) is 9.83. The number of hydrogen-bond acceptors (Lipinski definition) is 3. The molecule has 1 unspecified atom stereocenters. The van der Waals surface area contributed by atoms with Crippen LogP contribution >= 0.6 is 38.6 Å². The van der Waals surface area contributed by atoms with E-state index in [1.807, 2.05) is 22.7 Å². The Labute approximate surface area is 137 Å². The van der Waals surface area contributed by atoms with Crippen LogP contribution in [0.2, 0.25) is 0 Å². The van der Waals surface area contributed by atoms with Crippen molar-refractivity contribution in [2.45, 2.75) is 45.1 Å². The van der Waals surface area contributed by atoms with E-state index in [0.717, 1.165) is 13.0 Å². The third-order valence-corrected chi connectivity index (χ3v) is 6.85. The first-order chi connectivity index (χ1) is 9.76. The van der Waals surface area contributed by atoms with E-state index in [2.05, 4.69) is 45.7 Å². The van der Waals surface area contributed by atoms with Gasteiger partial charge in [0.05, 0.1) is 0 Å². The minimum absolute atomic E-state index is 0.482. The first kappa shape index (κ1) is 14.8. The van der Waals surface area contributed by atoms with Crippen molar-refractivity contribution in [3.63, 3.8) is 0 Å². The SMILES string of the molecule is CCCNC(Cc1cc(Br)cs1)c1cc2c(s1)CCC2. The Bertz CT molecular complexity index is 551. The number of thiophene rings is 2. The van der Waals surface area contributed by atoms with Gasteiger partial charge in [0, 0.05) is 36.9 Å². The van der Waals surface area contributed by atoms with E-state index in [4.69, 9.17) is 0 Å². The van der Waals surface area contributed by atoms with E-state index in [1.54, 1.807) is 10.4 Å². The monoisotopic (exact) mass is 369 g/mol. The second-order valence-electron chi connectivity index (χ2n) is 5.39. The predicted octanol–water partition coefficient (Wildman–Crippen LogP) is 5.34. The summed E-state index contributed by atoms with van der Waals surface area (Å²) in [6.45, 7) is 3.33. The number of hydrogen-bond donors (Lipinski definition) is 1. The Morgan fingerprint density at radius 3 is 2.95 bits per heavy atom. The first-order valence-electron chi connectivity index (χ1n) is 7.34. The van der Waals surface area contributed by atoms with Crippen molar-refractivity contribution in [3.05, 3.63) is 42.2 Å². The van der Waals surface area contributed by atoms with Gasteiger partial charge >= 0.3 is 0 Å². The highest BCUT2D eigenvalue weighted by Gasteiger charge is 2.20. The molecule has 0 spiro atoms. The zero-order chi connectivity index (χ0) is 13.9. The smallest absolute Gasteiger partial charge is 0.0463 e. The molecule has 0 radical (unpaired) electrons. The summed E-state index contributed by atoms with van der Waals surface area (Å²) in [6, 6.07) is 5.20. The maximum absolute atomic E-state index is 3.73. The molecule has 0 amide bonds. The lowest BCUT2D eigenvalue weighted by Gasteiger charge is -2.16. The van der Waals surface area contributed by atoms with Gasteiger partial charge in [-0.05, 0) is 65.9 Å². The summed E-state index contributed by atoms with van der Waals surface area (Å²) in [5.41, 5.74) is 1.61. The van der Waals surface area contributed by atoms with Crippen molar-refractivity contribution >= 4 is 38.6 Å². The van der Waals surface area contributed by atoms with Gasteiger partial charge in [-0.1, -0.05) is 6.92 Å². The third-order valence-electron chi connectivity index (χ3n) is 3.78. The molecule has 1 nitrogen and oxygen atoms in total. The summed E-state index contributed by atoms with van der Waals surface area (Å²) in [7, 11) is 0. The summed E-state index contributed by atoms with van der Waals surface area (Å²) in [4.78, 5) is 4.63. The lowest BCUT2D eigenvalue weighted by Crippen LogP contribution is -2.23. The fraction of sp³-hybridized carbons (Fsp3) is 0.500. The Kier molecular flexibility index (Phi) is 4.97. The Morgan fingerprint density at radius 2 is 2.25 bits per heavy atom. The highest BCUT2D eigenvalue weighted by molar-refractivity contribution is 9.10. The van der Waals surface area contributed by atoms with Crippen molar-refractivity contribution in [1.29, 1.82) is 0 Å². The van der Waals surface area contributed by atoms with Gasteiger partial charge in [0.1, 0.15) is 0 Å². The van der Waals surface area contributed by atoms with Gasteiger partial charge in [0.2, 0.25) is 0 Å². The third kappa shape index (κ3) is 3.35. The standard InChI is InChI=1S/C16H20BrNS2/c1-2-6-18-14(9-13-8-12(17)10-19-13)16-7-11-4-3-5-15(11)20-16/h7-8,10,14,18H,2-6,9H2,1H3. The topological polar surface area (TPSA) is 12.0 Å². The van der Waals surface area contributed by atoms with Gasteiger partial charge in [-0.3, -0.25) is 0 Å². The van der Waals surface area contributed by atoms with Gasteiger partial charge in [0.15, 0.2) is 0 Å². The van der Waals surface area contributed by atoms with Gasteiger partial charge < -0.3 is 5.32 Å². The van der Waals surface area contributed by atoms with Crippen molar-refractivity contribution in [1.82, 2.24) is 5.32 Å². The summed E-state index contributed by atoms with van der Waals surface area (Å²) in [6.07, 6.45) is 6.24. The molecule has 1 N–H and O–H groups in total. The molecule has 2 aromatic rings. The minimum atomic E-state index is 0.482. The molecular formula is C16H20BrNS2. The van der Waals surface area contributed by atoms with Crippen LogP contribution in [-0.4, -0.2) is 6.54 Å². The van der Waals surface area contributed by atoms with Crippen LogP contribution < -0.4 is 5.32 Å². The van der Waals surface area contributed by atoms with Crippen molar-refractivity contribution in [3.8, 4) is 0 Å². The second-order valence-corrected chi connectivity index (χ2v) is 8.47. The van der Waals surface area contributed by atoms with Crippen LogP contribution in [-0.2, 0) is 19.3 Å². The number of halogens is 1. The minimum Gasteiger partial charge on any atom is -0.309 e. The zero-order valence-corrected chi connectivity index (χ0v) is 15.0. The molecule has 4 heteroatoms. The van der Waals surface area contributed by atoms with Crippen molar-refractivity contribution < 1.29 is 0 Å². The number of aryl methyl sites for hydroxylation is 2. The van der Waals surface area contributed by atoms with Crippen molar-refractivity contribution in [2.75, 3.05) is 6.54 Å². The molecule has 0 saturated carbocycles. The number of fused-ring (bicyclic) bond motifs is 1. The molecule has 0 aromatic carbocycles. The van der Waals surface area contributed by atoms with E-state index in [0.29, 0.717) is 6.04 Å². The van der Waals surface area contributed by atoms with Crippen LogP contribution in [0.25, 0.3) is 0 Å². The molecule has 1 aliphatic carbocycles. The predicted molar refractivity (Wildman–Crippen MR) is 93.1 cm³/mol. The highest BCUT2D eigenvalue weighted by Crippen LogP contribution is 2.35. The molecule has 1 atom stereocenters. The molecule has 0 saturated heterocycles. The van der Waals surface area contributed by atoms with Crippen LogP contribution in [0.5, 0.6) is 0 Å². The average Bonchev–Trinajstić information content (AvgIpc) is 3.09. The Balaban J connectivity index is 1.77. The summed E-state index contributed by atoms with van der Waals surface area (Å²) in [5.74, 6) is 0. The Hall–Kier alpha value is -0.160. The molecule has 0 fully saturated rings. The van der Waals surface area contributed by atoms with Crippen LogP contribution in [0.4, 0.5) is 0 Å². The number of nitrogens with one attached hydrogen (secondary N) is 1. The molecule has 2 heterocycles. The van der Waals surface area contributed by atoms with Crippen LogP contribution in [0, 0.1) is 0 Å². The molecule has 1 aliphatic rings. The normalized spacial score (nSPS) is 15.5.